The lowest BCUT2D eigenvalue weighted by atomic mass is 10.0. The van der Waals surface area contributed by atoms with Crippen LogP contribution in [-0.4, -0.2) is 50.4 Å². The maximum Gasteiger partial charge on any atom is 0.321 e. The number of carbonyl (C=O) groups excluding carboxylic acids is 1. The van der Waals surface area contributed by atoms with Crippen molar-refractivity contribution in [3.05, 3.63) is 114 Å². The minimum absolute atomic E-state index is 0.157. The molecular weight excluding hydrogens is 526 g/mol. The number of hydrogen-bond donors (Lipinski definition) is 1. The Hall–Kier alpha value is -4.99. The van der Waals surface area contributed by atoms with Gasteiger partial charge in [0, 0.05) is 41.4 Å². The molecule has 3 aromatic carbocycles. The number of nitrogens with one attached hydrogen (secondary N) is 1. The molecule has 0 radical (unpaired) electrons. The Morgan fingerprint density at radius 1 is 0.951 bits per heavy atom. The van der Waals surface area contributed by atoms with Crippen molar-refractivity contribution in [2.75, 3.05) is 7.11 Å². The molecule has 0 aliphatic carbocycles. The number of alkyl halides is 2. The maximum absolute atomic E-state index is 13.7. The van der Waals surface area contributed by atoms with Crippen molar-refractivity contribution < 1.29 is 18.3 Å². The standard InChI is InChI=1S/C31H28F2N6O2/c1-20(37-29(40)31(2,32)33)28(24-17-34-30(41-3)35-18-24)39-26-15-14-25(16-23(26)19-36-39)38-27(21-10-6-4-7-11-21)22-12-8-5-9-13-22/h4-20,28H,1-3H3,(H,37,40)/t20-,28-/m0/s1. The van der Waals surface area contributed by atoms with Crippen molar-refractivity contribution in [3.8, 4) is 6.01 Å². The van der Waals surface area contributed by atoms with E-state index in [1.807, 2.05) is 78.9 Å². The lowest BCUT2D eigenvalue weighted by Crippen LogP contribution is -2.46. The number of fused-ring (bicyclic) bond motifs is 1. The second kappa shape index (κ2) is 11.6. The zero-order valence-corrected chi connectivity index (χ0v) is 22.7. The molecule has 0 aliphatic rings. The van der Waals surface area contributed by atoms with Crippen LogP contribution in [0.1, 0.15) is 36.6 Å². The molecule has 0 bridgehead atoms. The van der Waals surface area contributed by atoms with Crippen molar-refractivity contribution in [1.29, 1.82) is 0 Å². The van der Waals surface area contributed by atoms with E-state index in [0.717, 1.165) is 33.4 Å². The molecule has 0 fully saturated rings. The molecule has 5 rings (SSSR count). The molecule has 2 atom stereocenters. The fourth-order valence-corrected chi connectivity index (χ4v) is 4.59. The Labute approximate surface area is 235 Å². The number of aromatic nitrogens is 4. The third-order valence-corrected chi connectivity index (χ3v) is 6.58. The molecular formula is C31H28F2N6O2. The molecule has 2 heterocycles. The number of nitrogens with zero attached hydrogens (tertiary/aromatic N) is 5. The second-order valence-corrected chi connectivity index (χ2v) is 9.62. The van der Waals surface area contributed by atoms with Crippen LogP contribution in [0.2, 0.25) is 0 Å². The van der Waals surface area contributed by atoms with E-state index in [9.17, 15) is 13.6 Å². The summed E-state index contributed by atoms with van der Waals surface area (Å²) in [5, 5.41) is 7.78. The number of methoxy groups -OCH3 is 1. The molecule has 0 saturated carbocycles. The van der Waals surface area contributed by atoms with Crippen LogP contribution in [0.3, 0.4) is 0 Å². The Morgan fingerprint density at radius 3 is 2.12 bits per heavy atom. The van der Waals surface area contributed by atoms with Crippen LogP contribution in [0.25, 0.3) is 10.9 Å². The molecule has 2 aromatic heterocycles. The highest BCUT2D eigenvalue weighted by molar-refractivity contribution is 6.14. The molecule has 0 aliphatic heterocycles. The van der Waals surface area contributed by atoms with E-state index in [2.05, 4.69) is 20.4 Å². The summed E-state index contributed by atoms with van der Waals surface area (Å²) in [4.78, 5) is 25.5. The number of rotatable bonds is 9. The fourth-order valence-electron chi connectivity index (χ4n) is 4.59. The predicted molar refractivity (Wildman–Crippen MR) is 153 cm³/mol. The highest BCUT2D eigenvalue weighted by Crippen LogP contribution is 2.30. The molecule has 41 heavy (non-hydrogen) atoms. The van der Waals surface area contributed by atoms with Gasteiger partial charge in [-0.2, -0.15) is 13.9 Å². The van der Waals surface area contributed by atoms with Gasteiger partial charge in [0.15, 0.2) is 0 Å². The third kappa shape index (κ3) is 6.11. The number of halogens is 2. The van der Waals surface area contributed by atoms with Gasteiger partial charge in [-0.25, -0.2) is 15.0 Å². The van der Waals surface area contributed by atoms with Gasteiger partial charge in [-0.3, -0.25) is 9.48 Å². The van der Waals surface area contributed by atoms with Gasteiger partial charge in [-0.1, -0.05) is 60.7 Å². The molecule has 0 unspecified atom stereocenters. The summed E-state index contributed by atoms with van der Waals surface area (Å²) in [7, 11) is 1.45. The molecule has 8 nitrogen and oxygen atoms in total. The Morgan fingerprint density at radius 2 is 1.56 bits per heavy atom. The van der Waals surface area contributed by atoms with E-state index in [1.54, 1.807) is 17.8 Å². The molecule has 1 N–H and O–H groups in total. The SMILES string of the molecule is COc1ncc([C@H]([C@H](C)NC(=O)C(C)(F)F)n2ncc3cc(N=C(c4ccccc4)c4ccccc4)ccc32)cn1. The second-order valence-electron chi connectivity index (χ2n) is 9.62. The van der Waals surface area contributed by atoms with Crippen LogP contribution >= 0.6 is 0 Å². The molecule has 1 amide bonds. The van der Waals surface area contributed by atoms with Crippen molar-refractivity contribution in [2.45, 2.75) is 31.9 Å². The van der Waals surface area contributed by atoms with Crippen molar-refractivity contribution in [2.24, 2.45) is 4.99 Å². The molecule has 5 aromatic rings. The van der Waals surface area contributed by atoms with E-state index >= 15 is 0 Å². The van der Waals surface area contributed by atoms with Gasteiger partial charge < -0.3 is 10.1 Å². The number of hydrogen-bond acceptors (Lipinski definition) is 6. The normalized spacial score (nSPS) is 12.9. The van der Waals surface area contributed by atoms with Gasteiger partial charge in [0.2, 0.25) is 0 Å². The van der Waals surface area contributed by atoms with Crippen molar-refractivity contribution in [1.82, 2.24) is 25.1 Å². The monoisotopic (exact) mass is 554 g/mol. The molecule has 0 saturated heterocycles. The van der Waals surface area contributed by atoms with Gasteiger partial charge in [0.25, 0.3) is 5.91 Å². The minimum Gasteiger partial charge on any atom is -0.467 e. The first-order valence-corrected chi connectivity index (χ1v) is 13.0. The minimum atomic E-state index is -3.54. The van der Waals surface area contributed by atoms with Crippen LogP contribution < -0.4 is 10.1 Å². The molecule has 0 spiro atoms. The van der Waals surface area contributed by atoms with Crippen LogP contribution in [-0.2, 0) is 4.79 Å². The summed E-state index contributed by atoms with van der Waals surface area (Å²) in [5.74, 6) is -4.92. The molecule has 10 heteroatoms. The smallest absolute Gasteiger partial charge is 0.321 e. The third-order valence-electron chi connectivity index (χ3n) is 6.58. The van der Waals surface area contributed by atoms with Gasteiger partial charge >= 0.3 is 11.9 Å². The molecule has 208 valence electrons. The number of carbonyl (C=O) groups is 1. The summed E-state index contributed by atoms with van der Waals surface area (Å²) < 4.78 is 34.2. The highest BCUT2D eigenvalue weighted by atomic mass is 19.3. The Bertz CT molecular complexity index is 1630. The van der Waals surface area contributed by atoms with Gasteiger partial charge in [-0.15, -0.1) is 0 Å². The zero-order valence-electron chi connectivity index (χ0n) is 22.7. The largest absolute Gasteiger partial charge is 0.467 e. The highest BCUT2D eigenvalue weighted by Gasteiger charge is 2.35. The quantitative estimate of drug-likeness (QED) is 0.234. The Kier molecular flexibility index (Phi) is 7.82. The van der Waals surface area contributed by atoms with Crippen molar-refractivity contribution in [3.63, 3.8) is 0 Å². The lowest BCUT2D eigenvalue weighted by molar-refractivity contribution is -0.143. The van der Waals surface area contributed by atoms with E-state index in [0.29, 0.717) is 12.5 Å². The summed E-state index contributed by atoms with van der Waals surface area (Å²) >= 11 is 0. The number of benzene rings is 3. The topological polar surface area (TPSA) is 94.3 Å². The van der Waals surface area contributed by atoms with Gasteiger partial charge in [0.1, 0.15) is 6.04 Å². The van der Waals surface area contributed by atoms with Crippen LogP contribution in [0.15, 0.2) is 102 Å². The van der Waals surface area contributed by atoms with Crippen molar-refractivity contribution >= 4 is 28.2 Å². The maximum atomic E-state index is 13.7. The van der Waals surface area contributed by atoms with Crippen LogP contribution in [0.5, 0.6) is 6.01 Å². The lowest BCUT2D eigenvalue weighted by Gasteiger charge is -2.27. The average Bonchev–Trinajstić information content (AvgIpc) is 3.39. The predicted octanol–water partition coefficient (Wildman–Crippen LogP) is 5.75. The van der Waals surface area contributed by atoms with Crippen LogP contribution in [0.4, 0.5) is 14.5 Å². The van der Waals surface area contributed by atoms with Crippen LogP contribution in [0, 0.1) is 0 Å². The average molecular weight is 555 g/mol. The zero-order chi connectivity index (χ0) is 29.0. The number of aliphatic imine (C=N–C) groups is 1. The van der Waals surface area contributed by atoms with Gasteiger partial charge in [0.05, 0.1) is 36.3 Å². The van der Waals surface area contributed by atoms with E-state index in [1.165, 1.54) is 19.5 Å². The number of amides is 1. The first-order valence-electron chi connectivity index (χ1n) is 13.0. The van der Waals surface area contributed by atoms with Gasteiger partial charge in [-0.05, 0) is 25.1 Å². The summed E-state index contributed by atoms with van der Waals surface area (Å²) in [6.07, 6.45) is 4.74. The number of ether oxygens (including phenoxy) is 1. The Balaban J connectivity index is 1.56. The van der Waals surface area contributed by atoms with E-state index in [4.69, 9.17) is 9.73 Å². The summed E-state index contributed by atoms with van der Waals surface area (Å²) in [6, 6.07) is 24.2. The first-order chi connectivity index (χ1) is 19.7. The fraction of sp³-hybridized carbons (Fsp3) is 0.194. The summed E-state index contributed by atoms with van der Waals surface area (Å²) in [6.45, 7) is 2.20. The van der Waals surface area contributed by atoms with E-state index in [-0.39, 0.29) is 6.01 Å². The summed E-state index contributed by atoms with van der Waals surface area (Å²) in [5.41, 5.74) is 4.77. The van der Waals surface area contributed by atoms with E-state index < -0.39 is 23.9 Å². The first kappa shape index (κ1) is 27.6.